The van der Waals surface area contributed by atoms with E-state index in [1.165, 1.54) is 0 Å². The second kappa shape index (κ2) is 5.33. The molecule has 0 heterocycles. The molecule has 2 heteroatoms. The minimum atomic E-state index is -0.0178. The van der Waals surface area contributed by atoms with Gasteiger partial charge in [-0.05, 0) is 29.9 Å². The van der Waals surface area contributed by atoms with E-state index in [4.69, 9.17) is 4.74 Å². The van der Waals surface area contributed by atoms with Gasteiger partial charge in [0.2, 0.25) is 5.78 Å². The fourth-order valence-electron chi connectivity index (χ4n) is 1.92. The van der Waals surface area contributed by atoms with E-state index in [-0.39, 0.29) is 11.2 Å². The lowest BCUT2D eigenvalue weighted by Crippen LogP contribution is -2.23. The van der Waals surface area contributed by atoms with Gasteiger partial charge in [0.25, 0.3) is 0 Å². The van der Waals surface area contributed by atoms with E-state index >= 15 is 0 Å². The minimum Gasteiger partial charge on any atom is -0.490 e. The van der Waals surface area contributed by atoms with Gasteiger partial charge in [-0.15, -0.1) is 0 Å². The normalized spacial score (nSPS) is 19.6. The third-order valence-electron chi connectivity index (χ3n) is 2.74. The number of ether oxygens (including phenoxy) is 1. The second-order valence-corrected chi connectivity index (χ2v) is 5.16. The Balaban J connectivity index is 2.59. The molecule has 0 atom stereocenters. The molecular formula is C14H22O2. The summed E-state index contributed by atoms with van der Waals surface area (Å²) < 4.78 is 5.55. The van der Waals surface area contributed by atoms with E-state index in [2.05, 4.69) is 27.4 Å². The summed E-state index contributed by atoms with van der Waals surface area (Å²) in [5.41, 5.74) is 0.656. The minimum absolute atomic E-state index is 0.00885. The molecule has 0 unspecified atom stereocenters. The zero-order valence-electron chi connectivity index (χ0n) is 10.6. The summed E-state index contributed by atoms with van der Waals surface area (Å²) in [6.45, 7) is 10.8. The molecule has 1 aliphatic carbocycles. The third-order valence-corrected chi connectivity index (χ3v) is 2.74. The van der Waals surface area contributed by atoms with Crippen molar-refractivity contribution in [3.63, 3.8) is 0 Å². The van der Waals surface area contributed by atoms with Gasteiger partial charge in [-0.1, -0.05) is 40.2 Å². The van der Waals surface area contributed by atoms with Crippen LogP contribution in [0.2, 0.25) is 0 Å². The Morgan fingerprint density at radius 3 is 2.75 bits per heavy atom. The summed E-state index contributed by atoms with van der Waals surface area (Å²) in [7, 11) is 0. The number of unbranched alkanes of at least 4 members (excludes halogenated alkanes) is 2. The lowest BCUT2D eigenvalue weighted by atomic mass is 9.79. The number of hydrogen-bond acceptors (Lipinski definition) is 2. The molecule has 0 aromatic carbocycles. The van der Waals surface area contributed by atoms with Crippen LogP contribution in [0.15, 0.2) is 24.0 Å². The van der Waals surface area contributed by atoms with Gasteiger partial charge in [0.15, 0.2) is 5.76 Å². The van der Waals surface area contributed by atoms with Crippen molar-refractivity contribution in [1.82, 2.24) is 0 Å². The van der Waals surface area contributed by atoms with Crippen molar-refractivity contribution in [3.05, 3.63) is 24.0 Å². The molecule has 0 saturated carbocycles. The smallest absolute Gasteiger partial charge is 0.222 e. The highest BCUT2D eigenvalue weighted by Gasteiger charge is 2.29. The number of carbonyl (C=O) groups excluding carboxylic acids is 1. The monoisotopic (exact) mass is 222 g/mol. The van der Waals surface area contributed by atoms with Gasteiger partial charge >= 0.3 is 0 Å². The van der Waals surface area contributed by atoms with E-state index in [0.29, 0.717) is 17.9 Å². The fourth-order valence-corrected chi connectivity index (χ4v) is 1.92. The molecule has 1 rings (SSSR count). The average molecular weight is 222 g/mol. The Labute approximate surface area is 98.4 Å². The molecule has 0 aromatic rings. The lowest BCUT2D eigenvalue weighted by molar-refractivity contribution is -0.116. The molecule has 0 aliphatic heterocycles. The Bertz CT molecular complexity index is 311. The third kappa shape index (κ3) is 3.51. The molecule has 0 N–H and O–H groups in total. The van der Waals surface area contributed by atoms with Crippen LogP contribution < -0.4 is 0 Å². The highest BCUT2D eigenvalue weighted by molar-refractivity contribution is 6.07. The predicted molar refractivity (Wildman–Crippen MR) is 66.1 cm³/mol. The van der Waals surface area contributed by atoms with Crippen LogP contribution in [0, 0.1) is 5.41 Å². The zero-order valence-corrected chi connectivity index (χ0v) is 10.6. The van der Waals surface area contributed by atoms with Crippen LogP contribution in [0.3, 0.4) is 0 Å². The predicted octanol–water partition coefficient (Wildman–Crippen LogP) is 3.63. The maximum Gasteiger partial charge on any atom is 0.222 e. The van der Waals surface area contributed by atoms with Crippen molar-refractivity contribution >= 4 is 5.78 Å². The maximum atomic E-state index is 11.8. The van der Waals surface area contributed by atoms with Crippen LogP contribution in [-0.2, 0) is 9.53 Å². The number of allylic oxidation sites excluding steroid dienone is 2. The van der Waals surface area contributed by atoms with E-state index in [1.807, 2.05) is 6.08 Å². The number of rotatable bonds is 5. The van der Waals surface area contributed by atoms with Gasteiger partial charge in [-0.25, -0.2) is 0 Å². The van der Waals surface area contributed by atoms with Gasteiger partial charge in [-0.3, -0.25) is 4.79 Å². The van der Waals surface area contributed by atoms with Crippen molar-refractivity contribution in [2.45, 2.75) is 46.5 Å². The van der Waals surface area contributed by atoms with Gasteiger partial charge in [-0.2, -0.15) is 0 Å². The van der Waals surface area contributed by atoms with Crippen molar-refractivity contribution in [2.24, 2.45) is 5.41 Å². The maximum absolute atomic E-state index is 11.8. The molecule has 16 heavy (non-hydrogen) atoms. The highest BCUT2D eigenvalue weighted by Crippen LogP contribution is 2.34. The molecule has 0 radical (unpaired) electrons. The number of ketones is 1. The number of Topliss-reactive ketones (excluding diaryl/α,β-unsaturated/α-hetero) is 1. The first kappa shape index (κ1) is 13.0. The summed E-state index contributed by atoms with van der Waals surface area (Å²) in [5, 5.41) is 0. The Morgan fingerprint density at radius 1 is 1.44 bits per heavy atom. The quantitative estimate of drug-likeness (QED) is 0.524. The summed E-state index contributed by atoms with van der Waals surface area (Å²) in [4.78, 5) is 11.8. The van der Waals surface area contributed by atoms with Crippen molar-refractivity contribution in [3.8, 4) is 0 Å². The van der Waals surface area contributed by atoms with Gasteiger partial charge < -0.3 is 4.74 Å². The molecule has 0 fully saturated rings. The van der Waals surface area contributed by atoms with Crippen LogP contribution in [0.1, 0.15) is 46.5 Å². The standard InChI is InChI=1S/C14H22O2/c1-5-6-7-8-16-12-10-14(3,4)9-11(2)13(12)15/h10H,2,5-9H2,1,3-4H3. The Kier molecular flexibility index (Phi) is 4.34. The molecule has 0 spiro atoms. The molecule has 0 saturated heterocycles. The summed E-state index contributed by atoms with van der Waals surface area (Å²) in [5.74, 6) is 0.480. The summed E-state index contributed by atoms with van der Waals surface area (Å²) in [6.07, 6.45) is 5.98. The first-order chi connectivity index (χ1) is 7.46. The van der Waals surface area contributed by atoms with Crippen LogP contribution >= 0.6 is 0 Å². The number of carbonyl (C=O) groups is 1. The Hall–Kier alpha value is -1.05. The summed E-state index contributed by atoms with van der Waals surface area (Å²) in [6, 6.07) is 0. The SMILES string of the molecule is C=C1CC(C)(C)C=C(OCCCCC)C1=O. The Morgan fingerprint density at radius 2 is 2.12 bits per heavy atom. The van der Waals surface area contributed by atoms with Gasteiger partial charge in [0, 0.05) is 0 Å². The first-order valence-electron chi connectivity index (χ1n) is 6.04. The fraction of sp³-hybridized carbons (Fsp3) is 0.643. The van der Waals surface area contributed by atoms with Crippen LogP contribution in [0.5, 0.6) is 0 Å². The van der Waals surface area contributed by atoms with Gasteiger partial charge in [0.05, 0.1) is 6.61 Å². The molecule has 90 valence electrons. The van der Waals surface area contributed by atoms with Crippen LogP contribution in [-0.4, -0.2) is 12.4 Å². The molecule has 0 aromatic heterocycles. The van der Waals surface area contributed by atoms with E-state index in [1.54, 1.807) is 0 Å². The molecule has 0 amide bonds. The van der Waals surface area contributed by atoms with E-state index in [0.717, 1.165) is 25.7 Å². The molecule has 2 nitrogen and oxygen atoms in total. The lowest BCUT2D eigenvalue weighted by Gasteiger charge is -2.27. The van der Waals surface area contributed by atoms with E-state index in [9.17, 15) is 4.79 Å². The van der Waals surface area contributed by atoms with Crippen LogP contribution in [0.4, 0.5) is 0 Å². The van der Waals surface area contributed by atoms with Gasteiger partial charge in [0.1, 0.15) is 0 Å². The van der Waals surface area contributed by atoms with Crippen molar-refractivity contribution < 1.29 is 9.53 Å². The van der Waals surface area contributed by atoms with Crippen molar-refractivity contribution in [1.29, 1.82) is 0 Å². The summed E-state index contributed by atoms with van der Waals surface area (Å²) >= 11 is 0. The average Bonchev–Trinajstić information content (AvgIpc) is 2.19. The molecule has 1 aliphatic rings. The van der Waals surface area contributed by atoms with Crippen LogP contribution in [0.25, 0.3) is 0 Å². The number of hydrogen-bond donors (Lipinski definition) is 0. The largest absolute Gasteiger partial charge is 0.490 e. The zero-order chi connectivity index (χ0) is 12.2. The second-order valence-electron chi connectivity index (χ2n) is 5.16. The highest BCUT2D eigenvalue weighted by atomic mass is 16.5. The topological polar surface area (TPSA) is 26.3 Å². The van der Waals surface area contributed by atoms with Crippen molar-refractivity contribution in [2.75, 3.05) is 6.61 Å². The molecule has 0 bridgehead atoms. The molecular weight excluding hydrogens is 200 g/mol. The van der Waals surface area contributed by atoms with E-state index < -0.39 is 0 Å². The first-order valence-corrected chi connectivity index (χ1v) is 6.04.